The molecule has 0 radical (unpaired) electrons. The number of nitrogens with one attached hydrogen (secondary N) is 1. The molecule has 166 valence electrons. The smallest absolute Gasteiger partial charge is 0.408 e. The SMILES string of the molecule is C[C@@H](c1ccc([N+](=O)[O-])c(F)c1)[C@@H](NC(=O)OC(C)(C)C)C(=O)N1CCN(C)CC1. The number of carbonyl (C=O) groups is 2. The lowest BCUT2D eigenvalue weighted by atomic mass is 9.91. The van der Waals surface area contributed by atoms with Crippen LogP contribution in [0.5, 0.6) is 0 Å². The fourth-order valence-electron chi connectivity index (χ4n) is 3.21. The minimum absolute atomic E-state index is 0.305. The average Bonchev–Trinajstić information content (AvgIpc) is 2.64. The van der Waals surface area contributed by atoms with Crippen LogP contribution in [0.3, 0.4) is 0 Å². The average molecular weight is 424 g/mol. The van der Waals surface area contributed by atoms with Gasteiger partial charge in [0, 0.05) is 38.2 Å². The highest BCUT2D eigenvalue weighted by Gasteiger charge is 2.34. The van der Waals surface area contributed by atoms with E-state index in [1.807, 2.05) is 7.05 Å². The third-order valence-corrected chi connectivity index (χ3v) is 4.95. The number of ether oxygens (including phenoxy) is 1. The van der Waals surface area contributed by atoms with Crippen molar-refractivity contribution in [3.63, 3.8) is 0 Å². The largest absolute Gasteiger partial charge is 0.444 e. The van der Waals surface area contributed by atoms with E-state index in [4.69, 9.17) is 4.74 Å². The van der Waals surface area contributed by atoms with Gasteiger partial charge in [-0.05, 0) is 39.4 Å². The number of hydrogen-bond donors (Lipinski definition) is 1. The molecule has 1 fully saturated rings. The lowest BCUT2D eigenvalue weighted by Crippen LogP contribution is -2.56. The van der Waals surface area contributed by atoms with Crippen molar-refractivity contribution in [1.82, 2.24) is 15.1 Å². The summed E-state index contributed by atoms with van der Waals surface area (Å²) in [5.74, 6) is -1.94. The molecule has 2 atom stereocenters. The van der Waals surface area contributed by atoms with E-state index in [9.17, 15) is 24.1 Å². The summed E-state index contributed by atoms with van der Waals surface area (Å²) in [7, 11) is 1.96. The summed E-state index contributed by atoms with van der Waals surface area (Å²) in [4.78, 5) is 39.4. The van der Waals surface area contributed by atoms with Crippen LogP contribution in [0.15, 0.2) is 18.2 Å². The number of nitrogens with zero attached hydrogens (tertiary/aromatic N) is 3. The molecule has 0 spiro atoms. The molecule has 10 heteroatoms. The predicted molar refractivity (Wildman–Crippen MR) is 109 cm³/mol. The molecule has 1 aliphatic heterocycles. The second-order valence-electron chi connectivity index (χ2n) is 8.51. The first kappa shape index (κ1) is 23.5. The molecule has 2 amide bonds. The van der Waals surface area contributed by atoms with Gasteiger partial charge in [-0.1, -0.05) is 13.0 Å². The van der Waals surface area contributed by atoms with Crippen molar-refractivity contribution in [3.05, 3.63) is 39.7 Å². The molecule has 1 aromatic rings. The van der Waals surface area contributed by atoms with Crippen LogP contribution in [0.1, 0.15) is 39.2 Å². The Hall–Kier alpha value is -2.75. The van der Waals surface area contributed by atoms with Crippen LogP contribution in [-0.4, -0.2) is 71.6 Å². The first-order valence-corrected chi connectivity index (χ1v) is 9.79. The number of halogens is 1. The van der Waals surface area contributed by atoms with Gasteiger partial charge in [0.1, 0.15) is 11.6 Å². The molecule has 1 N–H and O–H groups in total. The van der Waals surface area contributed by atoms with E-state index in [1.54, 1.807) is 32.6 Å². The number of nitro benzene ring substituents is 1. The molecule has 9 nitrogen and oxygen atoms in total. The van der Waals surface area contributed by atoms with Crippen molar-refractivity contribution < 1.29 is 23.6 Å². The molecule has 0 bridgehead atoms. The molecule has 1 heterocycles. The van der Waals surface area contributed by atoms with E-state index in [1.165, 1.54) is 6.07 Å². The number of alkyl carbamates (subject to hydrolysis) is 1. The number of hydrogen-bond acceptors (Lipinski definition) is 6. The van der Waals surface area contributed by atoms with Gasteiger partial charge in [0.25, 0.3) is 0 Å². The van der Waals surface area contributed by atoms with E-state index in [-0.39, 0.29) is 5.91 Å². The third-order valence-electron chi connectivity index (χ3n) is 4.95. The molecule has 30 heavy (non-hydrogen) atoms. The van der Waals surface area contributed by atoms with Gasteiger partial charge in [0.05, 0.1) is 4.92 Å². The van der Waals surface area contributed by atoms with Crippen molar-refractivity contribution in [2.24, 2.45) is 0 Å². The van der Waals surface area contributed by atoms with Crippen molar-refractivity contribution in [2.75, 3.05) is 33.2 Å². The first-order chi connectivity index (χ1) is 13.9. The molecule has 0 saturated carbocycles. The summed E-state index contributed by atoms with van der Waals surface area (Å²) in [6, 6.07) is 2.48. The van der Waals surface area contributed by atoms with Crippen LogP contribution >= 0.6 is 0 Å². The zero-order valence-electron chi connectivity index (χ0n) is 18.0. The Bertz CT molecular complexity index is 803. The second kappa shape index (κ2) is 9.38. The van der Waals surface area contributed by atoms with Gasteiger partial charge in [-0.3, -0.25) is 14.9 Å². The van der Waals surface area contributed by atoms with Crippen LogP contribution < -0.4 is 5.32 Å². The Morgan fingerprint density at radius 2 is 1.83 bits per heavy atom. The van der Waals surface area contributed by atoms with Gasteiger partial charge in [-0.25, -0.2) is 4.79 Å². The van der Waals surface area contributed by atoms with E-state index in [0.717, 1.165) is 12.1 Å². The van der Waals surface area contributed by atoms with Gasteiger partial charge in [0.15, 0.2) is 0 Å². The molecule has 1 saturated heterocycles. The molecular formula is C20H29FN4O5. The summed E-state index contributed by atoms with van der Waals surface area (Å²) >= 11 is 0. The van der Waals surface area contributed by atoms with E-state index < -0.39 is 40.1 Å². The Labute approximate surface area is 175 Å². The Balaban J connectivity index is 2.29. The molecule has 1 aromatic carbocycles. The van der Waals surface area contributed by atoms with Crippen LogP contribution in [0, 0.1) is 15.9 Å². The first-order valence-electron chi connectivity index (χ1n) is 9.79. The van der Waals surface area contributed by atoms with Crippen molar-refractivity contribution in [2.45, 2.75) is 45.3 Å². The van der Waals surface area contributed by atoms with Crippen molar-refractivity contribution >= 4 is 17.7 Å². The predicted octanol–water partition coefficient (Wildman–Crippen LogP) is 2.50. The van der Waals surface area contributed by atoms with Gasteiger partial charge in [0.2, 0.25) is 11.7 Å². The monoisotopic (exact) mass is 424 g/mol. The lowest BCUT2D eigenvalue weighted by molar-refractivity contribution is -0.387. The standard InChI is InChI=1S/C20H29FN4O5/c1-13(14-6-7-16(25(28)29)15(21)12-14)17(22-19(27)30-20(2,3)4)18(26)24-10-8-23(5)9-11-24/h6-7,12-13,17H,8-11H2,1-5H3,(H,22,27)/t13-,17+/m0/s1. The Kier molecular flexibility index (Phi) is 7.35. The number of rotatable bonds is 5. The number of likely N-dealkylation sites (N-methyl/N-ethyl adjacent to an activating group) is 1. The number of amides is 2. The fourth-order valence-corrected chi connectivity index (χ4v) is 3.21. The van der Waals surface area contributed by atoms with Gasteiger partial charge in [-0.2, -0.15) is 4.39 Å². The molecule has 0 unspecified atom stereocenters. The molecule has 1 aliphatic rings. The van der Waals surface area contributed by atoms with Crippen LogP contribution in [0.25, 0.3) is 0 Å². The van der Waals surface area contributed by atoms with Gasteiger partial charge in [-0.15, -0.1) is 0 Å². The molecule has 0 aromatic heterocycles. The highest BCUT2D eigenvalue weighted by atomic mass is 19.1. The summed E-state index contributed by atoms with van der Waals surface area (Å²) in [5.41, 5.74) is -1.04. The van der Waals surface area contributed by atoms with E-state index >= 15 is 0 Å². The third kappa shape index (κ3) is 6.12. The summed E-state index contributed by atoms with van der Waals surface area (Å²) in [6.45, 7) is 9.19. The highest BCUT2D eigenvalue weighted by molar-refractivity contribution is 5.87. The summed E-state index contributed by atoms with van der Waals surface area (Å²) in [5, 5.41) is 13.5. The minimum Gasteiger partial charge on any atom is -0.444 e. The zero-order valence-corrected chi connectivity index (χ0v) is 18.0. The van der Waals surface area contributed by atoms with Crippen LogP contribution in [-0.2, 0) is 9.53 Å². The fraction of sp³-hybridized carbons (Fsp3) is 0.600. The maximum atomic E-state index is 14.2. The number of piperazine rings is 1. The van der Waals surface area contributed by atoms with E-state index in [2.05, 4.69) is 10.2 Å². The Morgan fingerprint density at radius 3 is 2.33 bits per heavy atom. The van der Waals surface area contributed by atoms with E-state index in [0.29, 0.717) is 31.7 Å². The number of carbonyl (C=O) groups excluding carboxylic acids is 2. The van der Waals surface area contributed by atoms with Gasteiger partial charge >= 0.3 is 11.8 Å². The van der Waals surface area contributed by atoms with Crippen LogP contribution in [0.4, 0.5) is 14.9 Å². The number of benzene rings is 1. The van der Waals surface area contributed by atoms with Crippen molar-refractivity contribution in [1.29, 1.82) is 0 Å². The zero-order chi connectivity index (χ0) is 22.6. The quantitative estimate of drug-likeness (QED) is 0.575. The Morgan fingerprint density at radius 1 is 1.23 bits per heavy atom. The summed E-state index contributed by atoms with van der Waals surface area (Å²) < 4.78 is 19.4. The maximum Gasteiger partial charge on any atom is 0.408 e. The number of nitro groups is 1. The van der Waals surface area contributed by atoms with Crippen LogP contribution in [0.2, 0.25) is 0 Å². The lowest BCUT2D eigenvalue weighted by Gasteiger charge is -2.36. The van der Waals surface area contributed by atoms with Crippen molar-refractivity contribution in [3.8, 4) is 0 Å². The molecule has 2 rings (SSSR count). The summed E-state index contributed by atoms with van der Waals surface area (Å²) in [6.07, 6.45) is -0.760. The normalized spacial score (nSPS) is 17.2. The van der Waals surface area contributed by atoms with Gasteiger partial charge < -0.3 is 19.9 Å². The highest BCUT2D eigenvalue weighted by Crippen LogP contribution is 2.26. The molecule has 0 aliphatic carbocycles. The second-order valence-corrected chi connectivity index (χ2v) is 8.51. The molecular weight excluding hydrogens is 395 g/mol. The maximum absolute atomic E-state index is 14.2. The minimum atomic E-state index is -1.01. The topological polar surface area (TPSA) is 105 Å².